The minimum absolute atomic E-state index is 0.0165. The van der Waals surface area contributed by atoms with Crippen LogP contribution in [0.25, 0.3) is 0 Å². The van der Waals surface area contributed by atoms with E-state index >= 15 is 0 Å². The Labute approximate surface area is 158 Å². The minimum Gasteiger partial charge on any atom is -0.310 e. The van der Waals surface area contributed by atoms with E-state index < -0.39 is 28.3 Å². The second kappa shape index (κ2) is 7.28. The van der Waals surface area contributed by atoms with Gasteiger partial charge in [0.05, 0.1) is 16.7 Å². The van der Waals surface area contributed by atoms with Crippen LogP contribution in [-0.2, 0) is 11.8 Å². The topological polar surface area (TPSA) is 151 Å². The third-order valence-electron chi connectivity index (χ3n) is 4.28. The first-order valence-corrected chi connectivity index (χ1v) is 8.20. The molecule has 0 aliphatic carbocycles. The van der Waals surface area contributed by atoms with E-state index in [1.54, 1.807) is 7.05 Å². The predicted molar refractivity (Wildman–Crippen MR) is 94.3 cm³/mol. The fourth-order valence-electron chi connectivity index (χ4n) is 2.93. The molecule has 1 aliphatic rings. The number of imide groups is 1. The van der Waals surface area contributed by atoms with Crippen molar-refractivity contribution in [2.75, 3.05) is 11.9 Å². The summed E-state index contributed by atoms with van der Waals surface area (Å²) in [6.45, 7) is -0.0621. The molecule has 1 aliphatic heterocycles. The number of benzene rings is 1. The Morgan fingerprint density at radius 1 is 1.36 bits per heavy atom. The van der Waals surface area contributed by atoms with Gasteiger partial charge in [0, 0.05) is 26.1 Å². The first-order chi connectivity index (χ1) is 13.3. The highest BCUT2D eigenvalue weighted by molar-refractivity contribution is 6.23. The molecule has 1 aromatic heterocycles. The van der Waals surface area contributed by atoms with Crippen molar-refractivity contribution in [3.63, 3.8) is 0 Å². The van der Waals surface area contributed by atoms with E-state index in [9.17, 15) is 24.5 Å². The van der Waals surface area contributed by atoms with Crippen LogP contribution in [-0.4, -0.2) is 43.9 Å². The number of rotatable bonds is 6. The zero-order valence-corrected chi connectivity index (χ0v) is 14.7. The summed E-state index contributed by atoms with van der Waals surface area (Å²) in [5.41, 5.74) is -0.451. The van der Waals surface area contributed by atoms with Gasteiger partial charge in [-0.15, -0.1) is 0 Å². The van der Waals surface area contributed by atoms with Crippen LogP contribution in [0.3, 0.4) is 0 Å². The zero-order valence-electron chi connectivity index (χ0n) is 14.7. The number of aromatic nitrogens is 2. The largest absolute Gasteiger partial charge is 0.310 e. The maximum Gasteiger partial charge on any atom is 0.282 e. The number of hydrogen-bond acceptors (Lipinski definition) is 7. The normalized spacial score (nSPS) is 12.6. The van der Waals surface area contributed by atoms with E-state index in [2.05, 4.69) is 10.4 Å². The van der Waals surface area contributed by atoms with Crippen molar-refractivity contribution in [2.24, 2.45) is 7.05 Å². The van der Waals surface area contributed by atoms with Crippen molar-refractivity contribution < 1.29 is 19.3 Å². The third-order valence-corrected chi connectivity index (χ3v) is 4.28. The second-order valence-electron chi connectivity index (χ2n) is 6.01. The molecule has 11 nitrogen and oxygen atoms in total. The van der Waals surface area contributed by atoms with Gasteiger partial charge >= 0.3 is 0 Å². The predicted octanol–water partition coefficient (Wildman–Crippen LogP) is 1.21. The molecular formula is C17H14N6O5. The molecule has 2 aromatic rings. The van der Waals surface area contributed by atoms with E-state index in [1.807, 2.05) is 6.07 Å². The Balaban J connectivity index is 1.64. The first kappa shape index (κ1) is 18.7. The SMILES string of the molecule is Cn1ncc(C#N)c1NC(=O)CCCN1C(=O)c2cccc([N+](=O)[O-])c2C1=O. The molecule has 0 saturated carbocycles. The molecule has 0 fully saturated rings. The van der Waals surface area contributed by atoms with Crippen molar-refractivity contribution in [2.45, 2.75) is 12.8 Å². The van der Waals surface area contributed by atoms with E-state index in [0.717, 1.165) is 4.90 Å². The molecule has 0 bridgehead atoms. The molecule has 1 aromatic carbocycles. The number of hydrogen-bond donors (Lipinski definition) is 1. The van der Waals surface area contributed by atoms with E-state index in [4.69, 9.17) is 5.26 Å². The van der Waals surface area contributed by atoms with Crippen LogP contribution in [0.15, 0.2) is 24.4 Å². The summed E-state index contributed by atoms with van der Waals surface area (Å²) in [4.78, 5) is 48.2. The lowest BCUT2D eigenvalue weighted by Crippen LogP contribution is -2.31. The number of carbonyl (C=O) groups is 3. The highest BCUT2D eigenvalue weighted by atomic mass is 16.6. The molecule has 0 spiro atoms. The van der Waals surface area contributed by atoms with Gasteiger partial charge in [-0.25, -0.2) is 0 Å². The molecule has 1 N–H and O–H groups in total. The number of amides is 3. The summed E-state index contributed by atoms with van der Waals surface area (Å²) in [5.74, 6) is -1.53. The monoisotopic (exact) mass is 382 g/mol. The summed E-state index contributed by atoms with van der Waals surface area (Å²) in [6.07, 6.45) is 1.46. The van der Waals surface area contributed by atoms with Crippen molar-refractivity contribution in [1.29, 1.82) is 5.26 Å². The summed E-state index contributed by atoms with van der Waals surface area (Å²) in [7, 11) is 1.57. The van der Waals surface area contributed by atoms with E-state index in [-0.39, 0.29) is 41.9 Å². The summed E-state index contributed by atoms with van der Waals surface area (Å²) >= 11 is 0. The fraction of sp³-hybridized carbons (Fsp3) is 0.235. The standard InChI is InChI=1S/C17H14N6O5/c1-21-15(10(8-18)9-19-21)20-13(24)6-3-7-22-16(25)11-4-2-5-12(23(27)28)14(11)17(22)26/h2,4-5,9H,3,6-7H2,1H3,(H,20,24). The van der Waals surface area contributed by atoms with Gasteiger partial charge in [0.2, 0.25) is 5.91 Å². The number of nitrogens with zero attached hydrogens (tertiary/aromatic N) is 5. The highest BCUT2D eigenvalue weighted by Crippen LogP contribution is 2.30. The number of nitro benzene ring substituents is 1. The van der Waals surface area contributed by atoms with E-state index in [1.165, 1.54) is 29.1 Å². The number of anilines is 1. The van der Waals surface area contributed by atoms with Crippen LogP contribution in [0.1, 0.15) is 39.1 Å². The molecule has 3 amide bonds. The first-order valence-electron chi connectivity index (χ1n) is 8.20. The number of aryl methyl sites for hydroxylation is 1. The van der Waals surface area contributed by atoms with Gasteiger partial charge in [0.15, 0.2) is 0 Å². The van der Waals surface area contributed by atoms with Gasteiger partial charge in [-0.2, -0.15) is 10.4 Å². The number of nitrogens with one attached hydrogen (secondary N) is 1. The Kier molecular flexibility index (Phi) is 4.86. The molecule has 142 valence electrons. The third kappa shape index (κ3) is 3.18. The van der Waals surface area contributed by atoms with Crippen LogP contribution in [0, 0.1) is 21.4 Å². The van der Waals surface area contributed by atoms with Crippen molar-refractivity contribution >= 4 is 29.2 Å². The molecule has 28 heavy (non-hydrogen) atoms. The van der Waals surface area contributed by atoms with Gasteiger partial charge in [0.25, 0.3) is 17.5 Å². The molecule has 0 atom stereocenters. The van der Waals surface area contributed by atoms with Gasteiger partial charge in [0.1, 0.15) is 23.0 Å². The quantitative estimate of drug-likeness (QED) is 0.448. The summed E-state index contributed by atoms with van der Waals surface area (Å²) < 4.78 is 1.35. The van der Waals surface area contributed by atoms with Crippen molar-refractivity contribution in [3.05, 3.63) is 51.2 Å². The number of fused-ring (bicyclic) bond motifs is 1. The Morgan fingerprint density at radius 2 is 2.11 bits per heavy atom. The number of nitriles is 1. The van der Waals surface area contributed by atoms with Crippen molar-refractivity contribution in [3.8, 4) is 6.07 Å². The molecule has 0 unspecified atom stereocenters. The van der Waals surface area contributed by atoms with Crippen LogP contribution in [0.4, 0.5) is 11.5 Å². The number of carbonyl (C=O) groups excluding carboxylic acids is 3. The van der Waals surface area contributed by atoms with Crippen LogP contribution in [0.5, 0.6) is 0 Å². The van der Waals surface area contributed by atoms with Crippen LogP contribution < -0.4 is 5.32 Å². The lowest BCUT2D eigenvalue weighted by molar-refractivity contribution is -0.385. The molecule has 3 rings (SSSR count). The van der Waals surface area contributed by atoms with Gasteiger partial charge in [-0.1, -0.05) is 6.07 Å². The molecule has 0 radical (unpaired) electrons. The maximum atomic E-state index is 12.4. The van der Waals surface area contributed by atoms with Crippen LogP contribution in [0.2, 0.25) is 0 Å². The Morgan fingerprint density at radius 3 is 2.79 bits per heavy atom. The molecule has 2 heterocycles. The Bertz CT molecular complexity index is 1050. The highest BCUT2D eigenvalue weighted by Gasteiger charge is 2.40. The lowest BCUT2D eigenvalue weighted by atomic mass is 10.1. The number of nitro groups is 1. The van der Waals surface area contributed by atoms with Crippen molar-refractivity contribution in [1.82, 2.24) is 14.7 Å². The average Bonchev–Trinajstić information content (AvgIpc) is 3.14. The van der Waals surface area contributed by atoms with Gasteiger partial charge < -0.3 is 5.32 Å². The van der Waals surface area contributed by atoms with Gasteiger partial charge in [-0.3, -0.25) is 34.1 Å². The van der Waals surface area contributed by atoms with Crippen LogP contribution >= 0.6 is 0 Å². The summed E-state index contributed by atoms with van der Waals surface area (Å²) in [5, 5.41) is 26.5. The Hall–Kier alpha value is -4.07. The lowest BCUT2D eigenvalue weighted by Gasteiger charge is -2.13. The summed E-state index contributed by atoms with van der Waals surface area (Å²) in [6, 6.07) is 5.79. The van der Waals surface area contributed by atoms with E-state index in [0.29, 0.717) is 0 Å². The fourth-order valence-corrected chi connectivity index (χ4v) is 2.93. The molecule has 0 saturated heterocycles. The molecular weight excluding hydrogens is 368 g/mol. The molecule has 11 heteroatoms. The minimum atomic E-state index is -0.744. The second-order valence-corrected chi connectivity index (χ2v) is 6.01. The smallest absolute Gasteiger partial charge is 0.282 e. The van der Waals surface area contributed by atoms with Gasteiger partial charge in [-0.05, 0) is 12.5 Å². The average molecular weight is 382 g/mol. The maximum absolute atomic E-state index is 12.4. The zero-order chi connectivity index (χ0) is 20.4.